The lowest BCUT2D eigenvalue weighted by Gasteiger charge is -2.42. The van der Waals surface area contributed by atoms with Crippen molar-refractivity contribution >= 4 is 26.9 Å². The fraction of sp³-hybridized carbons (Fsp3) is 0.250. The number of amides is 1. The van der Waals surface area contributed by atoms with Gasteiger partial charge in [0.2, 0.25) is 0 Å². The highest BCUT2D eigenvalue weighted by atomic mass is 32.2. The van der Waals surface area contributed by atoms with Gasteiger partial charge in [0.05, 0.1) is 17.5 Å². The fourth-order valence-electron chi connectivity index (χ4n) is 5.01. The molecule has 5 rings (SSSR count). The molecule has 4 aromatic rings. The Morgan fingerprint density at radius 2 is 1.66 bits per heavy atom. The van der Waals surface area contributed by atoms with Crippen molar-refractivity contribution in [1.29, 1.82) is 0 Å². The van der Waals surface area contributed by atoms with Crippen molar-refractivity contribution in [2.75, 3.05) is 13.2 Å². The van der Waals surface area contributed by atoms with Gasteiger partial charge in [-0.2, -0.15) is 8.42 Å². The number of carbonyl (C=O) groups is 1. The minimum atomic E-state index is -3.97. The molecule has 1 N–H and O–H groups in total. The topological polar surface area (TPSA) is 79.5 Å². The molecule has 1 aliphatic heterocycles. The summed E-state index contributed by atoms with van der Waals surface area (Å²) in [6.07, 6.45) is 2.71. The standard InChI is InChI=1S/C28H28N2O4S/c1-3-16-30-27(24-17-29-26-11-7-6-9-22(24)26)25(21-8-4-5-10-23(21)28(30)31)18-34-35(32,33)20-14-12-19(2)13-15-20/h4-15,17,25,27,29H,3,16,18H2,1-2H3/t25-,27+/m1/s1. The van der Waals surface area contributed by atoms with E-state index in [0.717, 1.165) is 34.0 Å². The van der Waals surface area contributed by atoms with Crippen LogP contribution in [0.25, 0.3) is 10.9 Å². The fourth-order valence-corrected chi connectivity index (χ4v) is 5.94. The predicted octanol–water partition coefficient (Wildman–Crippen LogP) is 5.57. The van der Waals surface area contributed by atoms with Gasteiger partial charge in [0.25, 0.3) is 16.0 Å². The number of aryl methyl sites for hydroxylation is 1. The molecular formula is C28H28N2O4S. The number of nitrogens with one attached hydrogen (secondary N) is 1. The molecule has 1 amide bonds. The molecule has 0 spiro atoms. The Kier molecular flexibility index (Phi) is 6.21. The predicted molar refractivity (Wildman–Crippen MR) is 136 cm³/mol. The molecule has 0 radical (unpaired) electrons. The van der Waals surface area contributed by atoms with Gasteiger partial charge in [0, 0.05) is 40.7 Å². The second-order valence-corrected chi connectivity index (χ2v) is 10.6. The first-order valence-electron chi connectivity index (χ1n) is 11.8. The molecule has 1 aliphatic rings. The molecule has 180 valence electrons. The second-order valence-electron chi connectivity index (χ2n) is 8.98. The summed E-state index contributed by atoms with van der Waals surface area (Å²) in [6, 6.07) is 21.6. The maximum absolute atomic E-state index is 13.6. The van der Waals surface area contributed by atoms with Crippen LogP contribution in [0.2, 0.25) is 0 Å². The van der Waals surface area contributed by atoms with Crippen LogP contribution in [0.4, 0.5) is 0 Å². The third kappa shape index (κ3) is 4.26. The number of benzene rings is 3. The third-order valence-electron chi connectivity index (χ3n) is 6.69. The number of para-hydroxylation sites is 1. The number of hydrogen-bond acceptors (Lipinski definition) is 4. The maximum atomic E-state index is 13.6. The highest BCUT2D eigenvalue weighted by Crippen LogP contribution is 2.45. The average molecular weight is 489 g/mol. The van der Waals surface area contributed by atoms with Crippen molar-refractivity contribution in [2.45, 2.75) is 37.1 Å². The number of nitrogens with zero attached hydrogens (tertiary/aromatic N) is 1. The monoisotopic (exact) mass is 488 g/mol. The molecule has 35 heavy (non-hydrogen) atoms. The molecule has 0 bridgehead atoms. The zero-order valence-electron chi connectivity index (χ0n) is 19.8. The van der Waals surface area contributed by atoms with Gasteiger partial charge in [-0.05, 0) is 43.2 Å². The molecule has 2 heterocycles. The summed E-state index contributed by atoms with van der Waals surface area (Å²) in [5.74, 6) is -0.412. The number of hydrogen-bond donors (Lipinski definition) is 1. The van der Waals surface area contributed by atoms with E-state index >= 15 is 0 Å². The molecule has 0 saturated carbocycles. The van der Waals surface area contributed by atoms with Gasteiger partial charge in [0.1, 0.15) is 0 Å². The van der Waals surface area contributed by atoms with E-state index in [1.165, 1.54) is 0 Å². The van der Waals surface area contributed by atoms with Crippen molar-refractivity contribution in [2.24, 2.45) is 0 Å². The number of aromatic amines is 1. The molecule has 0 unspecified atom stereocenters. The van der Waals surface area contributed by atoms with Gasteiger partial charge in [-0.15, -0.1) is 0 Å². The molecule has 0 fully saturated rings. The first-order valence-corrected chi connectivity index (χ1v) is 13.2. The minimum absolute atomic E-state index is 0.0460. The highest BCUT2D eigenvalue weighted by molar-refractivity contribution is 7.86. The minimum Gasteiger partial charge on any atom is -0.361 e. The van der Waals surface area contributed by atoms with E-state index < -0.39 is 10.1 Å². The lowest BCUT2D eigenvalue weighted by Crippen LogP contribution is -2.44. The van der Waals surface area contributed by atoms with Crippen molar-refractivity contribution < 1.29 is 17.4 Å². The van der Waals surface area contributed by atoms with Gasteiger partial charge in [-0.25, -0.2) is 0 Å². The zero-order valence-corrected chi connectivity index (χ0v) is 20.6. The highest BCUT2D eigenvalue weighted by Gasteiger charge is 2.42. The molecule has 0 aliphatic carbocycles. The molecule has 7 heteroatoms. The Hall–Kier alpha value is -3.42. The number of aromatic nitrogens is 1. The van der Waals surface area contributed by atoms with E-state index in [9.17, 15) is 13.2 Å². The number of fused-ring (bicyclic) bond motifs is 2. The van der Waals surface area contributed by atoms with Gasteiger partial charge in [-0.3, -0.25) is 8.98 Å². The van der Waals surface area contributed by atoms with Crippen LogP contribution in [0.15, 0.2) is 83.9 Å². The van der Waals surface area contributed by atoms with Gasteiger partial charge in [0.15, 0.2) is 0 Å². The Bertz CT molecular complexity index is 1470. The van der Waals surface area contributed by atoms with E-state index in [-0.39, 0.29) is 29.4 Å². The first kappa shape index (κ1) is 23.3. The van der Waals surface area contributed by atoms with Crippen LogP contribution in [0.1, 0.15) is 52.4 Å². The quantitative estimate of drug-likeness (QED) is 0.345. The van der Waals surface area contributed by atoms with Crippen molar-refractivity contribution in [3.8, 4) is 0 Å². The number of carbonyl (C=O) groups excluding carboxylic acids is 1. The van der Waals surface area contributed by atoms with Gasteiger partial charge >= 0.3 is 0 Å². The third-order valence-corrected chi connectivity index (χ3v) is 7.98. The molecule has 0 saturated heterocycles. The van der Waals surface area contributed by atoms with E-state index in [1.54, 1.807) is 24.3 Å². The summed E-state index contributed by atoms with van der Waals surface area (Å²) in [5, 5.41) is 1.01. The van der Waals surface area contributed by atoms with Crippen molar-refractivity contribution in [3.63, 3.8) is 0 Å². The lowest BCUT2D eigenvalue weighted by molar-refractivity contribution is 0.0578. The van der Waals surface area contributed by atoms with Crippen LogP contribution in [0.3, 0.4) is 0 Å². The Morgan fingerprint density at radius 1 is 0.943 bits per heavy atom. The normalized spacial score (nSPS) is 18.1. The molecule has 6 nitrogen and oxygen atoms in total. The Morgan fingerprint density at radius 3 is 2.43 bits per heavy atom. The van der Waals surface area contributed by atoms with Crippen LogP contribution in [-0.2, 0) is 14.3 Å². The summed E-state index contributed by atoms with van der Waals surface area (Å²) in [5.41, 5.74) is 4.30. The van der Waals surface area contributed by atoms with Gasteiger partial charge in [-0.1, -0.05) is 61.0 Å². The van der Waals surface area contributed by atoms with Crippen molar-refractivity contribution in [3.05, 3.63) is 101 Å². The van der Waals surface area contributed by atoms with E-state index in [0.29, 0.717) is 12.1 Å². The van der Waals surface area contributed by atoms with Crippen LogP contribution in [0, 0.1) is 6.92 Å². The summed E-state index contributed by atoms with van der Waals surface area (Å²) in [7, 11) is -3.97. The van der Waals surface area contributed by atoms with E-state index in [4.69, 9.17) is 4.18 Å². The average Bonchev–Trinajstić information content (AvgIpc) is 3.29. The summed E-state index contributed by atoms with van der Waals surface area (Å²) < 4.78 is 31.8. The number of H-pyrrole nitrogens is 1. The van der Waals surface area contributed by atoms with Crippen LogP contribution in [0.5, 0.6) is 0 Å². The smallest absolute Gasteiger partial charge is 0.296 e. The Labute approximate surface area is 205 Å². The zero-order chi connectivity index (χ0) is 24.6. The summed E-state index contributed by atoms with van der Waals surface area (Å²) in [6.45, 7) is 4.41. The second kappa shape index (κ2) is 9.32. The molecule has 2 atom stereocenters. The summed E-state index contributed by atoms with van der Waals surface area (Å²) in [4.78, 5) is 18.9. The van der Waals surface area contributed by atoms with Crippen LogP contribution < -0.4 is 0 Å². The van der Waals surface area contributed by atoms with Crippen molar-refractivity contribution in [1.82, 2.24) is 9.88 Å². The summed E-state index contributed by atoms with van der Waals surface area (Å²) >= 11 is 0. The lowest BCUT2D eigenvalue weighted by atomic mass is 9.80. The largest absolute Gasteiger partial charge is 0.361 e. The number of rotatable bonds is 7. The van der Waals surface area contributed by atoms with Crippen LogP contribution >= 0.6 is 0 Å². The van der Waals surface area contributed by atoms with Gasteiger partial charge < -0.3 is 9.88 Å². The van der Waals surface area contributed by atoms with Crippen LogP contribution in [-0.4, -0.2) is 37.4 Å². The SMILES string of the molecule is CCCN1C(=O)c2ccccc2[C@@H](COS(=O)(=O)c2ccc(C)cc2)[C@@H]1c1c[nH]c2ccccc12. The van der Waals surface area contributed by atoms with E-state index in [2.05, 4.69) is 4.98 Å². The molecular weight excluding hydrogens is 460 g/mol. The molecule has 1 aromatic heterocycles. The maximum Gasteiger partial charge on any atom is 0.296 e. The van der Waals surface area contributed by atoms with E-state index in [1.807, 2.05) is 73.5 Å². The molecule has 3 aromatic carbocycles. The first-order chi connectivity index (χ1) is 16.9. The Balaban J connectivity index is 1.60.